The minimum Gasteiger partial charge on any atom is -0.399 e. The quantitative estimate of drug-likeness (QED) is 0.00423. The number of carbonyl (C=O) groups is 3. The lowest BCUT2D eigenvalue weighted by Crippen LogP contribution is -2.32. The monoisotopic (exact) mass is 2310 g/mol. The van der Waals surface area contributed by atoms with Gasteiger partial charge in [-0.2, -0.15) is 9.98 Å². The number of amides is 3. The number of nitrogen functional groups attached to an aromatic ring is 1. The van der Waals surface area contributed by atoms with Gasteiger partial charge in [-0.3, -0.25) is 19.8 Å². The Balaban J connectivity index is 0.000000917. The summed E-state index contributed by atoms with van der Waals surface area (Å²) < 4.78 is -0.250. The van der Waals surface area contributed by atoms with Gasteiger partial charge in [-0.05, 0) is 293 Å². The van der Waals surface area contributed by atoms with Crippen LogP contribution >= 0.6 is 87.6 Å². The van der Waals surface area contributed by atoms with Crippen molar-refractivity contribution in [1.82, 2.24) is 9.80 Å². The molecule has 0 saturated carbocycles. The van der Waals surface area contributed by atoms with Gasteiger partial charge in [-0.15, -0.1) is 0 Å². The summed E-state index contributed by atoms with van der Waals surface area (Å²) in [6.07, 6.45) is 99.8. The number of nitrogens with two attached hydrogens (primary N) is 5. The standard InChI is InChI=1S/C33H48N6O.C29H38BrNO.C29H39NO2.C18H15P.C7H9NO.C4H11N5.CBr4/c1-4-5-6-7-8-9-10-11-12-13-14-15-16-17-18-19-20-21-22-23-31(40)37-30-26-24-29(25-27-30)28-36-32(34)38-33(35)39(2)3;1-2-3-4-5-6-7-8-9-10-11-12-13-14-15-16-17-18-19-20-21-29(32)31-28-24-22-27(26-30)23-25-28;1-2-3-4-5-6-7-8-9-10-11-12-13-14-15-16-17-18-19-20-21-29(32)30-28-24-22-27(26-31)23-25-28;1-4-10-16(11-5-1)19(17-12-6-2-7-13-17)18-14-8-3-9-15-18;8-7-3-1-6(5-9)2-4-7;1-9(2)4(7)8-3(5)6;2-1(3,4)5/h5-6,8-9,11-12,14-15,17-18,20-21,24-27H,4,7,10,13,16,19,22-23,28H2,1-3H3,(H,37,40)(H4,34,35,36,38);3-4,6-7,9-10,12-13,15-16,18-19,22-25H,2,5,8,11,14,17,20-21,26H2,1H3,(H,31,32);3-4,6-7,9-10,12-13,15-16,18-19,22-25,31H,2,5,8,11,14,17,20-21,26H2,1H3,(H,30,32);1-15H;1-4,9H,5,8H2;1-2H3,(H5,5,6,7,8);/b6-5-,9-8-,12-11-,15-14-,18-17-,21-20-;2*4-3-,7-6-,10-9-,13-12-,16-15-,19-18-;;;;. The van der Waals surface area contributed by atoms with Crippen LogP contribution in [0.25, 0.3) is 0 Å². The Kier molecular flexibility index (Phi) is 84.4. The first kappa shape index (κ1) is 132. The van der Waals surface area contributed by atoms with Gasteiger partial charge in [0.25, 0.3) is 0 Å². The van der Waals surface area contributed by atoms with E-state index in [-0.39, 0.29) is 49.9 Å². The Labute approximate surface area is 917 Å². The lowest BCUT2D eigenvalue weighted by atomic mass is 10.2. The number of benzene rings is 7. The maximum atomic E-state index is 12.2. The molecular weight excluding hydrogens is 2160 g/mol. The highest BCUT2D eigenvalue weighted by Crippen LogP contribution is 2.39. The Hall–Kier alpha value is -11.7. The normalized spacial score (nSPS) is 12.2. The molecule has 0 aliphatic carbocycles. The average molecular weight is 2320 g/mol. The van der Waals surface area contributed by atoms with Crippen molar-refractivity contribution in [3.63, 3.8) is 0 Å². The van der Waals surface area contributed by atoms with Crippen LogP contribution in [0.4, 0.5) is 22.7 Å². The first-order chi connectivity index (χ1) is 70.7. The lowest BCUT2D eigenvalue weighted by molar-refractivity contribution is -0.116. The van der Waals surface area contributed by atoms with E-state index >= 15 is 0 Å². The maximum Gasteiger partial charge on any atom is 0.224 e. The lowest BCUT2D eigenvalue weighted by Gasteiger charge is -2.18. The van der Waals surface area contributed by atoms with Gasteiger partial charge in [0.15, 0.2) is 13.0 Å². The van der Waals surface area contributed by atoms with Gasteiger partial charge in [-0.25, -0.2) is 4.99 Å². The molecular formula is C121H160Br5N14O5P. The van der Waals surface area contributed by atoms with Crippen molar-refractivity contribution < 1.29 is 24.6 Å². The number of guanidine groups is 4. The fourth-order valence-corrected chi connectivity index (χ4v) is 14.4. The summed E-state index contributed by atoms with van der Waals surface area (Å²) >= 11 is 15.9. The third-order valence-corrected chi connectivity index (χ3v) is 22.6. The number of allylic oxidation sites excluding steroid dienone is 36. The molecule has 19 nitrogen and oxygen atoms in total. The summed E-state index contributed by atoms with van der Waals surface area (Å²) in [7, 11) is 6.56. The molecule has 3 amide bonds. The van der Waals surface area contributed by atoms with Crippen molar-refractivity contribution in [1.29, 1.82) is 5.41 Å². The number of nitrogens with one attached hydrogen (secondary N) is 4. The van der Waals surface area contributed by atoms with Crippen LogP contribution in [0, 0.1) is 5.41 Å². The van der Waals surface area contributed by atoms with Gasteiger partial charge < -0.3 is 64.6 Å². The molecule has 0 fully saturated rings. The largest absolute Gasteiger partial charge is 0.399 e. The van der Waals surface area contributed by atoms with Gasteiger partial charge >= 0.3 is 0 Å². The number of aliphatic hydroxyl groups is 2. The topological polar surface area (TPSA) is 325 Å². The number of aliphatic imine (C=N–C) groups is 3. The molecule has 0 spiro atoms. The summed E-state index contributed by atoms with van der Waals surface area (Å²) in [4.78, 5) is 51.0. The molecule has 7 rings (SSSR count). The zero-order chi connectivity index (χ0) is 107. The van der Waals surface area contributed by atoms with Gasteiger partial charge in [0.1, 0.15) is 0 Å². The molecule has 0 bridgehead atoms. The zero-order valence-electron chi connectivity index (χ0n) is 86.6. The number of rotatable bonds is 53. The van der Waals surface area contributed by atoms with E-state index in [1.165, 1.54) is 21.5 Å². The van der Waals surface area contributed by atoms with Crippen LogP contribution in [0.5, 0.6) is 0 Å². The number of hydrogen-bond donors (Lipinski definition) is 11. The smallest absolute Gasteiger partial charge is 0.224 e. The van der Waals surface area contributed by atoms with E-state index < -0.39 is 7.92 Å². The SMILES string of the molecule is BrC(Br)(Br)Br.CC/C=C\C/C=C\C/C=C\C/C=C\C/C=C\C/C=C\CCC(=O)Nc1ccc(CBr)cc1.CC/C=C\C/C=C\C/C=C\C/C=C\C/C=C\C/C=C\CCC(=O)Nc1ccc(CN=C(N)N=C(N)N(C)C)cc1.CC/C=C\C/C=C\C/C=C\C/C=C\C/C=C\C/C=C\CCC(=O)Nc1ccc(CO)cc1.CN(C)C(N)=NC(=N)N.Nc1ccc(CO)cc1.c1ccc(P(c2ccccc2)c2ccccc2)cc1. The minimum absolute atomic E-state index is 0.00118. The second-order valence-electron chi connectivity index (χ2n) is 32.3. The molecule has 146 heavy (non-hydrogen) atoms. The van der Waals surface area contributed by atoms with Crippen LogP contribution < -0.4 is 60.5 Å². The Morgan fingerprint density at radius 1 is 0.336 bits per heavy atom. The second kappa shape index (κ2) is 93.1. The zero-order valence-corrected chi connectivity index (χ0v) is 95.4. The molecule has 16 N–H and O–H groups in total. The Morgan fingerprint density at radius 3 is 0.774 bits per heavy atom. The summed E-state index contributed by atoms with van der Waals surface area (Å²) in [6, 6.07) is 62.1. The number of alkyl halides is 5. The fourth-order valence-electron chi connectivity index (χ4n) is 11.7. The fraction of sp³-hybridized carbons (Fsp3) is 0.298. The van der Waals surface area contributed by atoms with Crippen LogP contribution in [0.1, 0.15) is 197 Å². The summed E-state index contributed by atoms with van der Waals surface area (Å²) in [5.74, 6) is 0.422. The molecule has 0 aromatic heterocycles. The molecule has 0 aliphatic heterocycles. The van der Waals surface area contributed by atoms with Gasteiger partial charge in [0, 0.05) is 75.5 Å². The molecule has 0 radical (unpaired) electrons. The van der Waals surface area contributed by atoms with Crippen LogP contribution in [0.3, 0.4) is 0 Å². The molecule has 7 aromatic carbocycles. The highest BCUT2D eigenvalue weighted by molar-refractivity contribution is 9.52. The summed E-state index contributed by atoms with van der Waals surface area (Å²) in [5.41, 5.74) is 34.1. The number of hydrogen-bond acceptors (Lipinski definition) is 8. The number of carbonyl (C=O) groups excluding carboxylic acids is 3. The summed E-state index contributed by atoms with van der Waals surface area (Å²) in [5, 5.41) is 38.1. The van der Waals surface area contributed by atoms with E-state index in [0.717, 1.165) is 173 Å². The van der Waals surface area contributed by atoms with E-state index in [4.69, 9.17) is 44.3 Å². The number of anilines is 4. The second-order valence-corrected chi connectivity index (χ2v) is 46.3. The van der Waals surface area contributed by atoms with E-state index in [0.29, 0.717) is 38.2 Å². The molecule has 784 valence electrons. The number of halogens is 5. The molecule has 0 atom stereocenters. The molecule has 0 aliphatic rings. The van der Waals surface area contributed by atoms with Crippen molar-refractivity contribution in [2.24, 2.45) is 37.9 Å². The molecule has 25 heteroatoms. The van der Waals surface area contributed by atoms with Crippen molar-refractivity contribution in [3.8, 4) is 0 Å². The number of aliphatic hydroxyl groups excluding tert-OH is 2. The van der Waals surface area contributed by atoms with Crippen LogP contribution in [-0.2, 0) is 39.5 Å². The molecule has 7 aromatic rings. The molecule has 0 saturated heterocycles. The van der Waals surface area contributed by atoms with Crippen molar-refractivity contribution in [3.05, 3.63) is 429 Å². The summed E-state index contributed by atoms with van der Waals surface area (Å²) in [6.45, 7) is 6.93. The molecule has 0 heterocycles. The van der Waals surface area contributed by atoms with E-state index in [1.807, 2.05) is 54.6 Å². The highest BCUT2D eigenvalue weighted by Gasteiger charge is 2.16. The van der Waals surface area contributed by atoms with Gasteiger partial charge in [-0.1, -0.05) is 395 Å². The van der Waals surface area contributed by atoms with E-state index in [2.05, 4.69) is 435 Å². The van der Waals surface area contributed by atoms with Gasteiger partial charge in [0.05, 0.1) is 19.8 Å². The van der Waals surface area contributed by atoms with Crippen LogP contribution in [-0.4, -0.2) is 90.8 Å². The van der Waals surface area contributed by atoms with Crippen molar-refractivity contribution in [2.75, 3.05) is 49.9 Å². The Morgan fingerprint density at radius 2 is 0.555 bits per heavy atom. The molecule has 0 unspecified atom stereocenters. The highest BCUT2D eigenvalue weighted by atomic mass is 80.0. The Bertz CT molecular complexity index is 5030. The maximum absolute atomic E-state index is 12.2. The van der Waals surface area contributed by atoms with Crippen LogP contribution in [0.15, 0.2) is 422 Å². The average Bonchev–Trinajstić information content (AvgIpc) is 0.817. The first-order valence-electron chi connectivity index (χ1n) is 49.6. The van der Waals surface area contributed by atoms with Crippen molar-refractivity contribution in [2.45, 2.75) is 201 Å². The van der Waals surface area contributed by atoms with Crippen molar-refractivity contribution >= 4 is 168 Å². The van der Waals surface area contributed by atoms with E-state index in [1.54, 1.807) is 86.5 Å². The third kappa shape index (κ3) is 82.5. The third-order valence-electron chi connectivity index (χ3n) is 19.5. The van der Waals surface area contributed by atoms with Crippen LogP contribution in [0.2, 0.25) is 0 Å². The number of nitrogens with zero attached hydrogens (tertiary/aromatic N) is 5. The predicted octanol–water partition coefficient (Wildman–Crippen LogP) is 29.5. The predicted molar refractivity (Wildman–Crippen MR) is 654 cm³/mol. The minimum atomic E-state index is -0.446. The van der Waals surface area contributed by atoms with E-state index in [9.17, 15) is 14.4 Å². The van der Waals surface area contributed by atoms with Gasteiger partial charge in [0.2, 0.25) is 29.6 Å². The first-order valence-corrected chi connectivity index (χ1v) is 55.2.